The average molecular weight is 287 g/mol. The molecule has 0 aliphatic carbocycles. The number of rotatable bonds is 5. The molecule has 0 aromatic heterocycles. The van der Waals surface area contributed by atoms with Crippen LogP contribution in [-0.2, 0) is 20.6 Å². The Kier molecular flexibility index (Phi) is 5.01. The molecule has 1 rings (SSSR count). The standard InChI is InChI=1S/C13H12F3NO3/c1-8(18)5-6-11(19)12(20)17-10-4-2-3-9(7-10)13(14,15)16/h2-4,7H,5-6H2,1H3,(H,17,20). The van der Waals surface area contributed by atoms with Gasteiger partial charge in [0.05, 0.1) is 5.56 Å². The third-order valence-corrected chi connectivity index (χ3v) is 2.41. The van der Waals surface area contributed by atoms with Crippen LogP contribution in [-0.4, -0.2) is 17.5 Å². The van der Waals surface area contributed by atoms with Crippen LogP contribution in [0, 0.1) is 0 Å². The summed E-state index contributed by atoms with van der Waals surface area (Å²) in [5, 5.41) is 2.08. The second kappa shape index (κ2) is 6.31. The molecule has 0 radical (unpaired) electrons. The van der Waals surface area contributed by atoms with E-state index in [4.69, 9.17) is 0 Å². The van der Waals surface area contributed by atoms with Crippen molar-refractivity contribution in [1.82, 2.24) is 0 Å². The molecule has 0 bridgehead atoms. The first-order valence-corrected chi connectivity index (χ1v) is 5.71. The molecule has 0 spiro atoms. The van der Waals surface area contributed by atoms with Gasteiger partial charge < -0.3 is 10.1 Å². The highest BCUT2D eigenvalue weighted by atomic mass is 19.4. The zero-order chi connectivity index (χ0) is 15.3. The van der Waals surface area contributed by atoms with E-state index in [1.54, 1.807) is 0 Å². The van der Waals surface area contributed by atoms with E-state index in [9.17, 15) is 27.6 Å². The molecule has 0 saturated heterocycles. The number of hydrogen-bond donors (Lipinski definition) is 1. The lowest BCUT2D eigenvalue weighted by Crippen LogP contribution is -2.23. The number of Topliss-reactive ketones (excluding diaryl/α,β-unsaturated/α-hetero) is 2. The van der Waals surface area contributed by atoms with E-state index in [1.165, 1.54) is 13.0 Å². The maximum atomic E-state index is 12.5. The summed E-state index contributed by atoms with van der Waals surface area (Å²) in [4.78, 5) is 33.5. The fraction of sp³-hybridized carbons (Fsp3) is 0.308. The Morgan fingerprint density at radius 1 is 1.15 bits per heavy atom. The van der Waals surface area contributed by atoms with Crippen molar-refractivity contribution in [2.24, 2.45) is 0 Å². The Labute approximate surface area is 113 Å². The molecule has 20 heavy (non-hydrogen) atoms. The minimum absolute atomic E-state index is 0.0746. The van der Waals surface area contributed by atoms with Crippen molar-refractivity contribution in [3.63, 3.8) is 0 Å². The maximum Gasteiger partial charge on any atom is 0.416 e. The van der Waals surface area contributed by atoms with E-state index >= 15 is 0 Å². The van der Waals surface area contributed by atoms with Crippen molar-refractivity contribution in [2.45, 2.75) is 25.9 Å². The Morgan fingerprint density at radius 3 is 2.35 bits per heavy atom. The van der Waals surface area contributed by atoms with Crippen LogP contribution in [0.15, 0.2) is 24.3 Å². The first-order chi connectivity index (χ1) is 9.20. The first kappa shape index (κ1) is 15.9. The molecule has 4 nitrogen and oxygen atoms in total. The predicted octanol–water partition coefficient (Wildman–Crippen LogP) is 2.58. The van der Waals surface area contributed by atoms with Gasteiger partial charge in [0, 0.05) is 18.5 Å². The van der Waals surface area contributed by atoms with Crippen molar-refractivity contribution in [3.05, 3.63) is 29.8 Å². The van der Waals surface area contributed by atoms with Crippen LogP contribution in [0.5, 0.6) is 0 Å². The fourth-order valence-electron chi connectivity index (χ4n) is 1.38. The lowest BCUT2D eigenvalue weighted by Gasteiger charge is -2.09. The van der Waals surface area contributed by atoms with E-state index < -0.39 is 23.4 Å². The largest absolute Gasteiger partial charge is 0.416 e. The Morgan fingerprint density at radius 2 is 1.80 bits per heavy atom. The summed E-state index contributed by atoms with van der Waals surface area (Å²) in [6, 6.07) is 3.95. The van der Waals surface area contributed by atoms with E-state index in [0.717, 1.165) is 18.2 Å². The third-order valence-electron chi connectivity index (χ3n) is 2.41. The summed E-state index contributed by atoms with van der Waals surface area (Å²) in [6.45, 7) is 1.28. The van der Waals surface area contributed by atoms with Crippen LogP contribution in [0.1, 0.15) is 25.3 Å². The van der Waals surface area contributed by atoms with Gasteiger partial charge in [0.15, 0.2) is 0 Å². The number of nitrogens with one attached hydrogen (secondary N) is 1. The number of benzene rings is 1. The normalized spacial score (nSPS) is 11.0. The second-order valence-electron chi connectivity index (χ2n) is 4.16. The van der Waals surface area contributed by atoms with Gasteiger partial charge in [0.25, 0.3) is 5.91 Å². The summed E-state index contributed by atoms with van der Waals surface area (Å²) in [6.07, 6.45) is -4.87. The molecule has 1 aromatic carbocycles. The smallest absolute Gasteiger partial charge is 0.319 e. The lowest BCUT2D eigenvalue weighted by atomic mass is 10.1. The molecular formula is C13H12F3NO3. The minimum Gasteiger partial charge on any atom is -0.319 e. The monoisotopic (exact) mass is 287 g/mol. The molecule has 1 amide bonds. The quantitative estimate of drug-likeness (QED) is 0.847. The Hall–Kier alpha value is -2.18. The fourth-order valence-corrected chi connectivity index (χ4v) is 1.38. The van der Waals surface area contributed by atoms with Gasteiger partial charge in [-0.2, -0.15) is 13.2 Å². The predicted molar refractivity (Wildman–Crippen MR) is 65.0 cm³/mol. The Bertz CT molecular complexity index is 538. The SMILES string of the molecule is CC(=O)CCC(=O)C(=O)Nc1cccc(C(F)(F)F)c1. The molecule has 1 N–H and O–H groups in total. The van der Waals surface area contributed by atoms with Gasteiger partial charge >= 0.3 is 6.18 Å². The van der Waals surface area contributed by atoms with Gasteiger partial charge in [0.1, 0.15) is 5.78 Å². The van der Waals surface area contributed by atoms with E-state index in [2.05, 4.69) is 5.32 Å². The van der Waals surface area contributed by atoms with E-state index in [0.29, 0.717) is 0 Å². The van der Waals surface area contributed by atoms with Crippen molar-refractivity contribution < 1.29 is 27.6 Å². The molecule has 1 aromatic rings. The summed E-state index contributed by atoms with van der Waals surface area (Å²) in [5.74, 6) is -2.13. The zero-order valence-corrected chi connectivity index (χ0v) is 10.6. The van der Waals surface area contributed by atoms with Gasteiger partial charge in [-0.15, -0.1) is 0 Å². The lowest BCUT2D eigenvalue weighted by molar-refractivity contribution is -0.137. The molecule has 0 atom stereocenters. The number of amides is 1. The van der Waals surface area contributed by atoms with E-state index in [1.807, 2.05) is 0 Å². The van der Waals surface area contributed by atoms with Crippen LogP contribution in [0.4, 0.5) is 18.9 Å². The van der Waals surface area contributed by atoms with Gasteiger partial charge in [-0.3, -0.25) is 9.59 Å². The molecular weight excluding hydrogens is 275 g/mol. The topological polar surface area (TPSA) is 63.2 Å². The number of hydrogen-bond acceptors (Lipinski definition) is 3. The van der Waals surface area contributed by atoms with Crippen LogP contribution >= 0.6 is 0 Å². The highest BCUT2D eigenvalue weighted by molar-refractivity contribution is 6.40. The number of ketones is 2. The molecule has 0 heterocycles. The molecule has 0 aliphatic rings. The molecule has 0 aliphatic heterocycles. The summed E-state index contributed by atoms with van der Waals surface area (Å²) in [7, 11) is 0. The van der Waals surface area contributed by atoms with Crippen LogP contribution in [0.3, 0.4) is 0 Å². The molecule has 108 valence electrons. The van der Waals surface area contributed by atoms with Gasteiger partial charge in [-0.1, -0.05) is 6.07 Å². The van der Waals surface area contributed by atoms with Crippen LogP contribution in [0.25, 0.3) is 0 Å². The molecule has 7 heteroatoms. The number of alkyl halides is 3. The number of anilines is 1. The molecule has 0 fully saturated rings. The summed E-state index contributed by atoms with van der Waals surface area (Å²) < 4.78 is 37.4. The van der Waals surface area contributed by atoms with Crippen molar-refractivity contribution in [2.75, 3.05) is 5.32 Å². The highest BCUT2D eigenvalue weighted by Crippen LogP contribution is 2.30. The Balaban J connectivity index is 2.71. The van der Waals surface area contributed by atoms with Gasteiger partial charge in [0.2, 0.25) is 5.78 Å². The van der Waals surface area contributed by atoms with Gasteiger partial charge in [-0.25, -0.2) is 0 Å². The van der Waals surface area contributed by atoms with E-state index in [-0.39, 0.29) is 24.3 Å². The summed E-state index contributed by atoms with van der Waals surface area (Å²) >= 11 is 0. The third kappa shape index (κ3) is 4.83. The zero-order valence-electron chi connectivity index (χ0n) is 10.6. The van der Waals surface area contributed by atoms with Crippen LogP contribution in [0.2, 0.25) is 0 Å². The summed E-state index contributed by atoms with van der Waals surface area (Å²) in [5.41, 5.74) is -1.05. The van der Waals surface area contributed by atoms with Crippen LogP contribution < -0.4 is 5.32 Å². The highest BCUT2D eigenvalue weighted by Gasteiger charge is 2.30. The molecule has 0 unspecified atom stereocenters. The van der Waals surface area contributed by atoms with Crippen molar-refractivity contribution >= 4 is 23.2 Å². The maximum absolute atomic E-state index is 12.5. The number of halogens is 3. The van der Waals surface area contributed by atoms with Crippen molar-refractivity contribution in [3.8, 4) is 0 Å². The van der Waals surface area contributed by atoms with Crippen molar-refractivity contribution in [1.29, 1.82) is 0 Å². The first-order valence-electron chi connectivity index (χ1n) is 5.71. The minimum atomic E-state index is -4.53. The average Bonchev–Trinajstić information content (AvgIpc) is 2.35. The number of carbonyl (C=O) groups excluding carboxylic acids is 3. The number of carbonyl (C=O) groups is 3. The molecule has 0 saturated carbocycles. The van der Waals surface area contributed by atoms with Gasteiger partial charge in [-0.05, 0) is 25.1 Å². The second-order valence-corrected chi connectivity index (χ2v) is 4.16.